The van der Waals surface area contributed by atoms with Crippen LogP contribution in [-0.2, 0) is 4.79 Å². The fourth-order valence-corrected chi connectivity index (χ4v) is 4.09. The van der Waals surface area contributed by atoms with Crippen LogP contribution in [0, 0.1) is 11.8 Å². The van der Waals surface area contributed by atoms with Crippen LogP contribution in [0.5, 0.6) is 0 Å². The first-order valence-corrected chi connectivity index (χ1v) is 8.95. The van der Waals surface area contributed by atoms with Gasteiger partial charge in [-0.15, -0.1) is 10.2 Å². The van der Waals surface area contributed by atoms with Crippen LogP contribution in [-0.4, -0.2) is 37.7 Å². The molecule has 0 saturated heterocycles. The molecule has 2 fully saturated rings. The summed E-state index contributed by atoms with van der Waals surface area (Å²) in [7, 11) is 0. The normalized spacial score (nSPS) is 22.8. The Morgan fingerprint density at radius 3 is 2.43 bits per heavy atom. The van der Waals surface area contributed by atoms with Gasteiger partial charge in [-0.3, -0.25) is 4.79 Å². The molecule has 1 amide bonds. The number of carbonyl (C=O) groups is 1. The summed E-state index contributed by atoms with van der Waals surface area (Å²) in [5.41, 5.74) is 0. The minimum atomic E-state index is -0.533. The molecule has 0 radical (unpaired) electrons. The summed E-state index contributed by atoms with van der Waals surface area (Å²) < 4.78 is 0. The second kappa shape index (κ2) is 7.86. The van der Waals surface area contributed by atoms with E-state index in [0.717, 1.165) is 38.5 Å². The van der Waals surface area contributed by atoms with Crippen molar-refractivity contribution in [3.8, 4) is 0 Å². The lowest BCUT2D eigenvalue weighted by atomic mass is 9.83. The molecule has 2 aliphatic carbocycles. The summed E-state index contributed by atoms with van der Waals surface area (Å²) in [5.74, 6) is 1.08. The van der Waals surface area contributed by atoms with Gasteiger partial charge in [0.2, 0.25) is 5.91 Å². The number of tetrazole rings is 1. The highest BCUT2D eigenvalue weighted by Crippen LogP contribution is 2.33. The molecular formula is C16H27N5O2. The molecule has 2 aliphatic rings. The zero-order valence-corrected chi connectivity index (χ0v) is 13.6. The third-order valence-corrected chi connectivity index (χ3v) is 5.42. The number of aromatic nitrogens is 4. The fraction of sp³-hybridized carbons (Fsp3) is 0.875. The number of aliphatic hydroxyl groups excluding tert-OH is 1. The third kappa shape index (κ3) is 4.28. The molecule has 2 unspecified atom stereocenters. The van der Waals surface area contributed by atoms with E-state index < -0.39 is 6.10 Å². The molecule has 1 aromatic rings. The van der Waals surface area contributed by atoms with Crippen molar-refractivity contribution in [2.24, 2.45) is 11.8 Å². The van der Waals surface area contributed by atoms with Gasteiger partial charge in [-0.25, -0.2) is 0 Å². The van der Waals surface area contributed by atoms with Gasteiger partial charge in [0.25, 0.3) is 0 Å². The highest BCUT2D eigenvalue weighted by atomic mass is 16.3. The van der Waals surface area contributed by atoms with Gasteiger partial charge in [0.15, 0.2) is 5.82 Å². The molecule has 3 N–H and O–H groups in total. The predicted molar refractivity (Wildman–Crippen MR) is 84.2 cm³/mol. The number of aromatic amines is 1. The first-order valence-electron chi connectivity index (χ1n) is 8.95. The van der Waals surface area contributed by atoms with Crippen LogP contribution in [0.4, 0.5) is 0 Å². The smallest absolute Gasteiger partial charge is 0.223 e. The monoisotopic (exact) mass is 321 g/mol. The predicted octanol–water partition coefficient (Wildman–Crippen LogP) is 1.88. The Labute approximate surface area is 136 Å². The van der Waals surface area contributed by atoms with Gasteiger partial charge >= 0.3 is 0 Å². The molecule has 0 spiro atoms. The maximum absolute atomic E-state index is 12.4. The number of rotatable bonds is 6. The minimum Gasteiger partial charge on any atom is -0.392 e. The summed E-state index contributed by atoms with van der Waals surface area (Å²) in [4.78, 5) is 12.4. The number of nitrogens with one attached hydrogen (secondary N) is 2. The first kappa shape index (κ1) is 16.4. The fourth-order valence-electron chi connectivity index (χ4n) is 4.09. The number of hydrogen-bond acceptors (Lipinski definition) is 5. The van der Waals surface area contributed by atoms with Crippen molar-refractivity contribution in [2.75, 3.05) is 0 Å². The van der Waals surface area contributed by atoms with E-state index in [1.165, 1.54) is 19.3 Å². The van der Waals surface area contributed by atoms with E-state index in [1.54, 1.807) is 0 Å². The van der Waals surface area contributed by atoms with E-state index in [-0.39, 0.29) is 24.3 Å². The Morgan fingerprint density at radius 2 is 1.78 bits per heavy atom. The molecule has 3 rings (SSSR count). The Kier molecular flexibility index (Phi) is 5.59. The summed E-state index contributed by atoms with van der Waals surface area (Å²) >= 11 is 0. The van der Waals surface area contributed by atoms with E-state index in [2.05, 4.69) is 25.9 Å². The molecule has 0 bridgehead atoms. The SMILES string of the molecule is O=C(CC(O)C1CCCC1)NC(c1nn[nH]n1)C1CCCCC1. The Hall–Kier alpha value is -1.50. The Balaban J connectivity index is 1.59. The van der Waals surface area contributed by atoms with Gasteiger partial charge in [0.1, 0.15) is 0 Å². The van der Waals surface area contributed by atoms with Gasteiger partial charge in [-0.05, 0) is 37.5 Å². The lowest BCUT2D eigenvalue weighted by Crippen LogP contribution is -2.37. The zero-order chi connectivity index (χ0) is 16.1. The molecular weight excluding hydrogens is 294 g/mol. The topological polar surface area (TPSA) is 104 Å². The standard InChI is InChI=1S/C16H27N5O2/c22-13(11-6-4-5-7-11)10-14(23)17-15(16-18-20-21-19-16)12-8-2-1-3-9-12/h11-13,15,22H,1-10H2,(H,17,23)(H,18,19,20,21). The van der Waals surface area contributed by atoms with Crippen LogP contribution in [0.3, 0.4) is 0 Å². The van der Waals surface area contributed by atoms with Crippen molar-refractivity contribution in [1.82, 2.24) is 25.9 Å². The second-order valence-electron chi connectivity index (χ2n) is 7.03. The quantitative estimate of drug-likeness (QED) is 0.742. The number of nitrogens with zero attached hydrogens (tertiary/aromatic N) is 3. The minimum absolute atomic E-state index is 0.107. The lowest BCUT2D eigenvalue weighted by molar-refractivity contribution is -0.125. The summed E-state index contributed by atoms with van der Waals surface area (Å²) in [6.07, 6.45) is 9.80. The number of aliphatic hydroxyl groups is 1. The largest absolute Gasteiger partial charge is 0.392 e. The van der Waals surface area contributed by atoms with E-state index >= 15 is 0 Å². The van der Waals surface area contributed by atoms with Crippen LogP contribution < -0.4 is 5.32 Å². The van der Waals surface area contributed by atoms with E-state index in [4.69, 9.17) is 0 Å². The number of H-pyrrole nitrogens is 1. The van der Waals surface area contributed by atoms with Gasteiger partial charge in [-0.2, -0.15) is 5.21 Å². The zero-order valence-electron chi connectivity index (χ0n) is 13.6. The van der Waals surface area contributed by atoms with Crippen molar-refractivity contribution in [3.63, 3.8) is 0 Å². The first-order chi connectivity index (χ1) is 11.2. The van der Waals surface area contributed by atoms with E-state index in [1.807, 2.05) is 0 Å². The average molecular weight is 321 g/mol. The van der Waals surface area contributed by atoms with Gasteiger partial charge in [0.05, 0.1) is 18.6 Å². The van der Waals surface area contributed by atoms with Crippen LogP contribution in [0.2, 0.25) is 0 Å². The van der Waals surface area contributed by atoms with Crippen molar-refractivity contribution in [3.05, 3.63) is 5.82 Å². The Bertz CT molecular complexity index is 481. The number of amides is 1. The molecule has 7 nitrogen and oxygen atoms in total. The highest BCUT2D eigenvalue weighted by Gasteiger charge is 2.31. The van der Waals surface area contributed by atoms with E-state index in [0.29, 0.717) is 11.7 Å². The highest BCUT2D eigenvalue weighted by molar-refractivity contribution is 5.76. The second-order valence-corrected chi connectivity index (χ2v) is 7.03. The number of hydrogen-bond donors (Lipinski definition) is 3. The summed E-state index contributed by atoms with van der Waals surface area (Å²) in [6.45, 7) is 0. The van der Waals surface area contributed by atoms with Crippen molar-refractivity contribution < 1.29 is 9.90 Å². The molecule has 2 atom stereocenters. The molecule has 1 heterocycles. The van der Waals surface area contributed by atoms with Gasteiger partial charge < -0.3 is 10.4 Å². The molecule has 23 heavy (non-hydrogen) atoms. The van der Waals surface area contributed by atoms with Crippen molar-refractivity contribution >= 4 is 5.91 Å². The molecule has 128 valence electrons. The van der Waals surface area contributed by atoms with Crippen LogP contribution in [0.1, 0.15) is 76.1 Å². The Morgan fingerprint density at radius 1 is 1.13 bits per heavy atom. The average Bonchev–Trinajstić information content (AvgIpc) is 3.26. The maximum atomic E-state index is 12.4. The van der Waals surface area contributed by atoms with Crippen LogP contribution >= 0.6 is 0 Å². The van der Waals surface area contributed by atoms with Gasteiger partial charge in [0, 0.05) is 0 Å². The summed E-state index contributed by atoms with van der Waals surface area (Å²) in [6, 6.07) is -0.197. The van der Waals surface area contributed by atoms with Crippen molar-refractivity contribution in [1.29, 1.82) is 0 Å². The molecule has 7 heteroatoms. The molecule has 0 aromatic carbocycles. The van der Waals surface area contributed by atoms with Gasteiger partial charge in [-0.1, -0.05) is 37.3 Å². The molecule has 0 aliphatic heterocycles. The van der Waals surface area contributed by atoms with Crippen LogP contribution in [0.25, 0.3) is 0 Å². The summed E-state index contributed by atoms with van der Waals surface area (Å²) in [5, 5.41) is 27.6. The number of carbonyl (C=O) groups excluding carboxylic acids is 1. The van der Waals surface area contributed by atoms with Crippen LogP contribution in [0.15, 0.2) is 0 Å². The van der Waals surface area contributed by atoms with E-state index in [9.17, 15) is 9.90 Å². The third-order valence-electron chi connectivity index (χ3n) is 5.42. The van der Waals surface area contributed by atoms with Crippen molar-refractivity contribution in [2.45, 2.75) is 76.4 Å². The maximum Gasteiger partial charge on any atom is 0.223 e. The molecule has 2 saturated carbocycles. The lowest BCUT2D eigenvalue weighted by Gasteiger charge is -2.29. The molecule has 1 aromatic heterocycles.